The Morgan fingerprint density at radius 1 is 1.23 bits per heavy atom. The number of carbonyl (C=O) groups excluding carboxylic acids is 2. The summed E-state index contributed by atoms with van der Waals surface area (Å²) < 4.78 is 5.58. The summed E-state index contributed by atoms with van der Waals surface area (Å²) in [5.41, 5.74) is 1.09. The molecule has 3 saturated heterocycles. The van der Waals surface area contributed by atoms with Gasteiger partial charge in [0.25, 0.3) is 5.91 Å². The van der Waals surface area contributed by atoms with Crippen LogP contribution in [0.25, 0.3) is 0 Å². The minimum absolute atomic E-state index is 0.140. The summed E-state index contributed by atoms with van der Waals surface area (Å²) in [5.74, 6) is 0.609. The molecule has 2 atom stereocenters. The van der Waals surface area contributed by atoms with Crippen molar-refractivity contribution in [2.24, 2.45) is 0 Å². The molecule has 0 bridgehead atoms. The highest BCUT2D eigenvalue weighted by atomic mass is 16.5. The van der Waals surface area contributed by atoms with E-state index in [1.54, 1.807) is 0 Å². The Kier molecular flexibility index (Phi) is 4.74. The maximum Gasteiger partial charge on any atom is 0.251 e. The zero-order valence-corrected chi connectivity index (χ0v) is 15.5. The summed E-state index contributed by atoms with van der Waals surface area (Å²) in [5, 5.41) is 0. The predicted octanol–water partition coefficient (Wildman–Crippen LogP) is 2.56. The number of hydrogen-bond acceptors (Lipinski definition) is 3. The fourth-order valence-corrected chi connectivity index (χ4v) is 5.22. The van der Waals surface area contributed by atoms with E-state index >= 15 is 0 Å². The number of ether oxygens (including phenoxy) is 1. The molecular weight excluding hydrogens is 328 g/mol. The van der Waals surface area contributed by atoms with Crippen molar-refractivity contribution in [1.29, 1.82) is 0 Å². The highest BCUT2D eigenvalue weighted by Gasteiger charge is 2.54. The molecule has 0 N–H and O–H groups in total. The largest absolute Gasteiger partial charge is 0.368 e. The number of amides is 2. The molecule has 5 nitrogen and oxygen atoms in total. The topological polar surface area (TPSA) is 49.9 Å². The number of carbonyl (C=O) groups is 2. The summed E-state index contributed by atoms with van der Waals surface area (Å²) in [6.07, 6.45) is 3.85. The monoisotopic (exact) mass is 356 g/mol. The zero-order valence-electron chi connectivity index (χ0n) is 15.5. The Bertz CT molecular complexity index is 661. The van der Waals surface area contributed by atoms with Crippen LogP contribution >= 0.6 is 0 Å². The average Bonchev–Trinajstić information content (AvgIpc) is 3.30. The lowest BCUT2D eigenvalue weighted by atomic mass is 9.73. The number of benzene rings is 1. The van der Waals surface area contributed by atoms with E-state index in [0.29, 0.717) is 26.1 Å². The van der Waals surface area contributed by atoms with Crippen molar-refractivity contribution in [2.45, 2.75) is 56.6 Å². The number of likely N-dealkylation sites (tertiary alicyclic amines) is 2. The molecule has 5 heteroatoms. The van der Waals surface area contributed by atoms with Crippen LogP contribution in [0.15, 0.2) is 30.3 Å². The normalized spacial score (nSPS) is 28.1. The van der Waals surface area contributed by atoms with Gasteiger partial charge in [-0.15, -0.1) is 0 Å². The van der Waals surface area contributed by atoms with Crippen molar-refractivity contribution in [2.75, 3.05) is 26.2 Å². The molecule has 2 amide bonds. The summed E-state index contributed by atoms with van der Waals surface area (Å²) in [4.78, 5) is 29.4. The third kappa shape index (κ3) is 2.82. The first-order valence-electron chi connectivity index (χ1n) is 9.91. The fourth-order valence-electron chi connectivity index (χ4n) is 5.22. The quantitative estimate of drug-likeness (QED) is 0.836. The van der Waals surface area contributed by atoms with Gasteiger partial charge in [-0.25, -0.2) is 0 Å². The van der Waals surface area contributed by atoms with Crippen LogP contribution in [0.3, 0.4) is 0 Å². The lowest BCUT2D eigenvalue weighted by Gasteiger charge is -2.48. The third-order valence-corrected chi connectivity index (χ3v) is 6.53. The number of hydrogen-bond donors (Lipinski definition) is 0. The third-order valence-electron chi connectivity index (χ3n) is 6.53. The van der Waals surface area contributed by atoms with E-state index in [-0.39, 0.29) is 29.4 Å². The summed E-state index contributed by atoms with van der Waals surface area (Å²) in [6.45, 7) is 4.93. The van der Waals surface area contributed by atoms with Crippen molar-refractivity contribution >= 4 is 11.8 Å². The maximum atomic E-state index is 12.7. The molecule has 0 saturated carbocycles. The molecule has 3 fully saturated rings. The van der Waals surface area contributed by atoms with Crippen LogP contribution in [-0.2, 0) is 14.3 Å². The van der Waals surface area contributed by atoms with Crippen molar-refractivity contribution in [1.82, 2.24) is 9.80 Å². The molecule has 1 spiro atoms. The Hall–Kier alpha value is -1.88. The van der Waals surface area contributed by atoms with E-state index in [1.807, 2.05) is 11.0 Å². The van der Waals surface area contributed by atoms with Gasteiger partial charge in [0.05, 0.1) is 5.54 Å². The van der Waals surface area contributed by atoms with Crippen LogP contribution in [0.4, 0.5) is 0 Å². The Morgan fingerprint density at radius 2 is 1.96 bits per heavy atom. The summed E-state index contributed by atoms with van der Waals surface area (Å²) in [6, 6.07) is 10.4. The number of rotatable bonds is 3. The van der Waals surface area contributed by atoms with Gasteiger partial charge in [-0.2, -0.15) is 0 Å². The number of piperidine rings is 1. The highest BCUT2D eigenvalue weighted by molar-refractivity contribution is 5.83. The van der Waals surface area contributed by atoms with Crippen molar-refractivity contribution in [3.05, 3.63) is 35.9 Å². The minimum atomic E-state index is -0.249. The maximum absolute atomic E-state index is 12.7. The fraction of sp³-hybridized carbons (Fsp3) is 0.619. The molecule has 0 radical (unpaired) electrons. The molecule has 0 unspecified atom stereocenters. The second-order valence-electron chi connectivity index (χ2n) is 7.74. The summed E-state index contributed by atoms with van der Waals surface area (Å²) in [7, 11) is 0. The van der Waals surface area contributed by atoms with Crippen molar-refractivity contribution in [3.8, 4) is 0 Å². The minimum Gasteiger partial charge on any atom is -0.368 e. The van der Waals surface area contributed by atoms with E-state index in [1.165, 1.54) is 5.56 Å². The highest BCUT2D eigenvalue weighted by Crippen LogP contribution is 2.48. The van der Waals surface area contributed by atoms with Crippen LogP contribution in [-0.4, -0.2) is 59.5 Å². The molecular formula is C21H28N2O3. The molecule has 1 aromatic rings. The van der Waals surface area contributed by atoms with Gasteiger partial charge in [0.2, 0.25) is 5.91 Å². The van der Waals surface area contributed by atoms with Gasteiger partial charge in [-0.05, 0) is 38.2 Å². The molecule has 140 valence electrons. The van der Waals surface area contributed by atoms with Crippen LogP contribution in [0, 0.1) is 0 Å². The van der Waals surface area contributed by atoms with E-state index in [0.717, 1.165) is 32.2 Å². The van der Waals surface area contributed by atoms with Crippen LogP contribution in [0.5, 0.6) is 0 Å². The van der Waals surface area contributed by atoms with E-state index in [4.69, 9.17) is 4.74 Å². The van der Waals surface area contributed by atoms with Crippen molar-refractivity contribution in [3.63, 3.8) is 0 Å². The second kappa shape index (κ2) is 7.03. The van der Waals surface area contributed by atoms with Gasteiger partial charge >= 0.3 is 0 Å². The van der Waals surface area contributed by atoms with E-state index in [9.17, 15) is 9.59 Å². The molecule has 4 rings (SSSR count). The second-order valence-corrected chi connectivity index (χ2v) is 7.74. The lowest BCUT2D eigenvalue weighted by Crippen LogP contribution is -2.57. The molecule has 3 aliphatic heterocycles. The first-order chi connectivity index (χ1) is 12.7. The predicted molar refractivity (Wildman–Crippen MR) is 98.7 cm³/mol. The SMILES string of the molecule is CCN1C(=O)C[C@@H](c2ccccc2)C12CCN(C(=O)[C@H]1CCCO1)CC2. The molecule has 1 aromatic carbocycles. The van der Waals surface area contributed by atoms with Crippen molar-refractivity contribution < 1.29 is 14.3 Å². The zero-order chi connectivity index (χ0) is 18.1. The van der Waals surface area contributed by atoms with Gasteiger partial charge < -0.3 is 14.5 Å². The number of nitrogens with zero attached hydrogens (tertiary/aromatic N) is 2. The molecule has 0 aliphatic carbocycles. The van der Waals surface area contributed by atoms with Gasteiger partial charge in [0, 0.05) is 38.6 Å². The Balaban J connectivity index is 1.55. The molecule has 0 aromatic heterocycles. The molecule has 3 aliphatic rings. The lowest BCUT2D eigenvalue weighted by molar-refractivity contribution is -0.144. The van der Waals surface area contributed by atoms with Crippen LogP contribution in [0.1, 0.15) is 50.5 Å². The first-order valence-corrected chi connectivity index (χ1v) is 9.91. The Labute approximate surface area is 155 Å². The molecule has 3 heterocycles. The average molecular weight is 356 g/mol. The van der Waals surface area contributed by atoms with Gasteiger partial charge in [0.1, 0.15) is 6.10 Å². The molecule has 26 heavy (non-hydrogen) atoms. The van der Waals surface area contributed by atoms with E-state index in [2.05, 4.69) is 36.1 Å². The number of likely N-dealkylation sites (N-methyl/N-ethyl adjacent to an activating group) is 1. The smallest absolute Gasteiger partial charge is 0.251 e. The van der Waals surface area contributed by atoms with Gasteiger partial charge in [-0.1, -0.05) is 30.3 Å². The van der Waals surface area contributed by atoms with Crippen LogP contribution in [0.2, 0.25) is 0 Å². The van der Waals surface area contributed by atoms with Gasteiger partial charge in [0.15, 0.2) is 0 Å². The van der Waals surface area contributed by atoms with E-state index < -0.39 is 0 Å². The van der Waals surface area contributed by atoms with Crippen LogP contribution < -0.4 is 0 Å². The summed E-state index contributed by atoms with van der Waals surface area (Å²) >= 11 is 0. The standard InChI is InChI=1S/C21H28N2O3/c1-2-23-19(24)15-17(16-7-4-3-5-8-16)21(23)10-12-22(13-11-21)20(25)18-9-6-14-26-18/h3-5,7-8,17-18H,2,6,9-15H2,1H3/t17-,18+/m0/s1. The first kappa shape index (κ1) is 17.5. The van der Waals surface area contributed by atoms with Gasteiger partial charge in [-0.3, -0.25) is 9.59 Å². The Morgan fingerprint density at radius 3 is 2.58 bits per heavy atom.